The van der Waals surface area contributed by atoms with E-state index < -0.39 is 0 Å². The van der Waals surface area contributed by atoms with Crippen molar-refractivity contribution >= 4 is 11.5 Å². The predicted octanol–water partition coefficient (Wildman–Crippen LogP) is 7.35. The maximum atomic E-state index is 13.7. The number of nitrogens with zero attached hydrogens (tertiary/aromatic N) is 2. The van der Waals surface area contributed by atoms with Crippen molar-refractivity contribution in [2.24, 2.45) is 34.3 Å². The lowest BCUT2D eigenvalue weighted by Crippen LogP contribution is -2.46. The van der Waals surface area contributed by atoms with Crippen LogP contribution in [0.3, 0.4) is 0 Å². The summed E-state index contributed by atoms with van der Waals surface area (Å²) >= 11 is 0. The molecule has 218 valence electrons. The Morgan fingerprint density at radius 1 is 1.10 bits per heavy atom. The monoisotopic (exact) mass is 554 g/mol. The largest absolute Gasteiger partial charge is 0.384 e. The lowest BCUT2D eigenvalue weighted by atomic mass is 9.50. The number of hydrogen-bond donors (Lipinski definition) is 1. The van der Waals surface area contributed by atoms with E-state index in [2.05, 4.69) is 66.1 Å². The summed E-state index contributed by atoms with van der Waals surface area (Å²) in [6.45, 7) is 6.90. The Kier molecular flexibility index (Phi) is 8.23. The Labute approximate surface area is 245 Å². The smallest absolute Gasteiger partial charge is 0.137 e. The molecule has 1 heterocycles. The number of ketones is 1. The molecule has 1 N–H and O–H groups in total. The van der Waals surface area contributed by atoms with Gasteiger partial charge in [-0.15, -0.1) is 5.92 Å². The van der Waals surface area contributed by atoms with Crippen molar-refractivity contribution < 1.29 is 9.90 Å². The highest BCUT2D eigenvalue weighted by Gasteiger charge is 2.58. The maximum absolute atomic E-state index is 13.7. The molecule has 4 aliphatic carbocycles. The molecule has 3 fully saturated rings. The number of Topliss-reactive ketones (excluding diaryl/α,β-unsaturated/α-hetero) is 1. The van der Waals surface area contributed by atoms with Crippen LogP contribution < -0.4 is 4.90 Å². The van der Waals surface area contributed by atoms with Crippen molar-refractivity contribution in [2.75, 3.05) is 24.6 Å². The molecule has 1 aliphatic heterocycles. The van der Waals surface area contributed by atoms with Crippen molar-refractivity contribution in [1.82, 2.24) is 0 Å². The summed E-state index contributed by atoms with van der Waals surface area (Å²) in [5.41, 5.74) is 7.18. The highest BCUT2D eigenvalue weighted by Crippen LogP contribution is 2.66. The van der Waals surface area contributed by atoms with Gasteiger partial charge in [-0.1, -0.05) is 48.7 Å². The fourth-order valence-corrected chi connectivity index (χ4v) is 9.56. The summed E-state index contributed by atoms with van der Waals surface area (Å²) in [5, 5.41) is 12.4. The van der Waals surface area contributed by atoms with Gasteiger partial charge in [0.25, 0.3) is 0 Å². The highest BCUT2D eigenvalue weighted by atomic mass is 16.3. The summed E-state index contributed by atoms with van der Waals surface area (Å²) in [7, 11) is 0. The quantitative estimate of drug-likeness (QED) is 0.295. The average molecular weight is 555 g/mol. The Morgan fingerprint density at radius 3 is 2.61 bits per heavy atom. The molecule has 5 nitrogen and oxygen atoms in total. The van der Waals surface area contributed by atoms with Crippen LogP contribution in [0.1, 0.15) is 96.0 Å². The third kappa shape index (κ3) is 5.22. The predicted molar refractivity (Wildman–Crippen MR) is 164 cm³/mol. The van der Waals surface area contributed by atoms with Gasteiger partial charge in [0, 0.05) is 43.5 Å². The number of allylic oxidation sites excluding steroid dienone is 3. The summed E-state index contributed by atoms with van der Waals surface area (Å²) < 4.78 is 0. The molecule has 41 heavy (non-hydrogen) atoms. The first kappa shape index (κ1) is 28.4. The van der Waals surface area contributed by atoms with E-state index in [-0.39, 0.29) is 24.0 Å². The topological polar surface area (TPSA) is 70.0 Å². The van der Waals surface area contributed by atoms with E-state index in [1.807, 2.05) is 0 Å². The number of aliphatic hydroxyl groups is 1. The molecule has 0 aromatic heterocycles. The molecule has 1 aromatic carbocycles. The average Bonchev–Trinajstić information content (AvgIpc) is 3.36. The van der Waals surface area contributed by atoms with Crippen LogP contribution in [0.4, 0.5) is 5.69 Å². The van der Waals surface area contributed by atoms with Gasteiger partial charge in [-0.25, -0.2) is 0 Å². The highest BCUT2D eigenvalue weighted by molar-refractivity contribution is 5.82. The fourth-order valence-electron chi connectivity index (χ4n) is 9.56. The molecule has 5 aliphatic rings. The summed E-state index contributed by atoms with van der Waals surface area (Å²) in [6.07, 6.45) is 13.0. The van der Waals surface area contributed by atoms with Gasteiger partial charge in [0.1, 0.15) is 18.4 Å². The molecule has 2 saturated carbocycles. The van der Waals surface area contributed by atoms with Crippen LogP contribution in [0.2, 0.25) is 0 Å². The van der Waals surface area contributed by atoms with Crippen molar-refractivity contribution in [3.63, 3.8) is 0 Å². The number of piperidine rings is 1. The molecule has 5 heteroatoms. The first-order valence-electron chi connectivity index (χ1n) is 16.2. The number of hydrogen-bond acceptors (Lipinski definition) is 5. The zero-order valence-corrected chi connectivity index (χ0v) is 24.9. The Morgan fingerprint density at radius 2 is 1.88 bits per heavy atom. The Bertz CT molecular complexity index is 1280. The second-order valence-corrected chi connectivity index (χ2v) is 13.6. The minimum Gasteiger partial charge on any atom is -0.384 e. The van der Waals surface area contributed by atoms with E-state index in [1.54, 1.807) is 5.57 Å². The van der Waals surface area contributed by atoms with Crippen LogP contribution in [0.25, 0.3) is 0 Å². The molecular formula is C36H46N2O3. The van der Waals surface area contributed by atoms with Crippen molar-refractivity contribution in [3.8, 4) is 11.8 Å². The first-order valence-corrected chi connectivity index (χ1v) is 16.2. The summed E-state index contributed by atoms with van der Waals surface area (Å²) in [5.74, 6) is 7.81. The van der Waals surface area contributed by atoms with Gasteiger partial charge >= 0.3 is 0 Å². The summed E-state index contributed by atoms with van der Waals surface area (Å²) in [6, 6.07) is 9.22. The lowest BCUT2D eigenvalue weighted by Gasteiger charge is -2.53. The minimum absolute atomic E-state index is 0.0328. The third-order valence-corrected chi connectivity index (χ3v) is 11.5. The number of carbonyl (C=O) groups is 1. The minimum atomic E-state index is -0.202. The van der Waals surface area contributed by atoms with Gasteiger partial charge in [0.15, 0.2) is 0 Å². The van der Waals surface area contributed by atoms with E-state index >= 15 is 0 Å². The van der Waals surface area contributed by atoms with Crippen LogP contribution in [-0.2, 0) is 4.79 Å². The van der Waals surface area contributed by atoms with E-state index in [9.17, 15) is 9.70 Å². The molecule has 2 unspecified atom stereocenters. The number of fused-ring (bicyclic) bond motifs is 4. The number of rotatable bonds is 6. The zero-order chi connectivity index (χ0) is 28.6. The van der Waals surface area contributed by atoms with Gasteiger partial charge < -0.3 is 10.0 Å². The number of aliphatic hydroxyl groups excluding tert-OH is 1. The molecule has 0 spiro atoms. The lowest BCUT2D eigenvalue weighted by molar-refractivity contribution is -0.127. The van der Waals surface area contributed by atoms with E-state index in [0.717, 1.165) is 51.6 Å². The van der Waals surface area contributed by atoms with Gasteiger partial charge in [-0.05, 0) is 110 Å². The molecule has 0 radical (unpaired) electrons. The third-order valence-electron chi connectivity index (χ3n) is 11.5. The van der Waals surface area contributed by atoms with Gasteiger partial charge in [0.2, 0.25) is 0 Å². The Balaban J connectivity index is 1.38. The second kappa shape index (κ2) is 11.9. The van der Waals surface area contributed by atoms with Gasteiger partial charge in [-0.2, -0.15) is 4.91 Å². The van der Waals surface area contributed by atoms with Crippen LogP contribution in [0, 0.1) is 45.8 Å². The van der Waals surface area contributed by atoms with Gasteiger partial charge in [0.05, 0.1) is 0 Å². The normalized spacial score (nSPS) is 34.5. The number of nitroso groups, excluding NO2 is 1. The maximum Gasteiger partial charge on any atom is 0.137 e. The van der Waals surface area contributed by atoms with Crippen LogP contribution in [0.5, 0.6) is 0 Å². The fraction of sp³-hybridized carbons (Fsp3) is 0.639. The SMILES string of the molecule is CC1C[C@@H]2C(=C3CCC(N=O)C=C31)[C@@H](c1ccc(N3CCCCC3)cc1)C[C@]1(C)[C@@H](C(=O)CCC#CCO)CC[C@@H]21. The van der Waals surface area contributed by atoms with E-state index in [1.165, 1.54) is 41.7 Å². The molecule has 1 aromatic rings. The molecule has 0 bridgehead atoms. The molecular weight excluding hydrogens is 508 g/mol. The number of carbonyl (C=O) groups excluding carboxylic acids is 1. The van der Waals surface area contributed by atoms with Crippen LogP contribution >= 0.6 is 0 Å². The molecule has 1 saturated heterocycles. The number of benzene rings is 1. The van der Waals surface area contributed by atoms with Gasteiger partial charge in [-0.3, -0.25) is 4.79 Å². The van der Waals surface area contributed by atoms with Crippen LogP contribution in [0.15, 0.2) is 52.2 Å². The molecule has 7 atom stereocenters. The zero-order valence-electron chi connectivity index (χ0n) is 24.9. The first-order chi connectivity index (χ1) is 19.9. The molecule has 0 amide bonds. The van der Waals surface area contributed by atoms with E-state index in [4.69, 9.17) is 5.11 Å². The number of anilines is 1. The Hall–Kier alpha value is -2.71. The van der Waals surface area contributed by atoms with Crippen LogP contribution in [-0.4, -0.2) is 36.6 Å². The van der Waals surface area contributed by atoms with Crippen molar-refractivity contribution in [2.45, 2.75) is 96.4 Å². The summed E-state index contributed by atoms with van der Waals surface area (Å²) in [4.78, 5) is 27.7. The van der Waals surface area contributed by atoms with Crippen molar-refractivity contribution in [1.29, 1.82) is 0 Å². The second-order valence-electron chi connectivity index (χ2n) is 13.6. The molecule has 6 rings (SSSR count). The standard InChI is InChI=1S/C36H46N2O3/c1-24-21-30-32-16-17-33(34(40)9-5-3-8-20-39)36(32,2)23-31(35(30)28-15-12-26(37-41)22-29(24)28)25-10-13-27(14-11-25)38-18-6-4-7-19-38/h10-11,13-14,22,24,26,30-33,39H,4-7,9,12,15-21,23H2,1-2H3/t24?,26?,30-,31+,32-,33+,36-/m0/s1. The van der Waals surface area contributed by atoms with Crippen molar-refractivity contribution in [3.05, 3.63) is 57.5 Å². The van der Waals surface area contributed by atoms with E-state index in [0.29, 0.717) is 42.3 Å².